The van der Waals surface area contributed by atoms with Crippen molar-refractivity contribution in [3.63, 3.8) is 0 Å². The average Bonchev–Trinajstić information content (AvgIpc) is 2.12. The summed E-state index contributed by atoms with van der Waals surface area (Å²) < 4.78 is 30.8. The first-order chi connectivity index (χ1) is 6.52. The summed E-state index contributed by atoms with van der Waals surface area (Å²) in [4.78, 5) is 16.9. The van der Waals surface area contributed by atoms with Crippen LogP contribution >= 0.6 is 0 Å². The molecule has 0 spiro atoms. The van der Waals surface area contributed by atoms with Crippen molar-refractivity contribution in [2.24, 2.45) is 0 Å². The molecule has 0 atom stereocenters. The Morgan fingerprint density at radius 3 is 2.43 bits per heavy atom. The Balaban J connectivity index is 3.79. The quantitative estimate of drug-likeness (QED) is 0.329. The van der Waals surface area contributed by atoms with Crippen molar-refractivity contribution in [1.82, 2.24) is 4.89 Å². The van der Waals surface area contributed by atoms with Crippen molar-refractivity contribution in [1.29, 1.82) is 0 Å². The third-order valence-corrected chi connectivity index (χ3v) is 2.10. The van der Waals surface area contributed by atoms with E-state index >= 15 is 0 Å². The Morgan fingerprint density at radius 2 is 1.93 bits per heavy atom. The number of hydrogen-bond acceptors (Lipinski definition) is 6. The number of methoxy groups -OCH3 is 2. The molecule has 0 saturated heterocycles. The Hall–Kier alpha value is -0.700. The van der Waals surface area contributed by atoms with Gasteiger partial charge in [0.05, 0.1) is 20.3 Å². The van der Waals surface area contributed by atoms with Gasteiger partial charge in [-0.25, -0.2) is 8.42 Å². The minimum Gasteiger partial charge on any atom is -0.468 e. The van der Waals surface area contributed by atoms with Crippen LogP contribution in [-0.4, -0.2) is 47.6 Å². The second-order valence-electron chi connectivity index (χ2n) is 2.26. The molecule has 1 N–H and O–H groups in total. The van der Waals surface area contributed by atoms with E-state index in [9.17, 15) is 13.2 Å². The zero-order chi connectivity index (χ0) is 11.0. The molecule has 0 aliphatic carbocycles. The van der Waals surface area contributed by atoms with Crippen LogP contribution in [0.5, 0.6) is 0 Å². The fourth-order valence-electron chi connectivity index (χ4n) is 0.500. The van der Waals surface area contributed by atoms with Gasteiger partial charge in [0, 0.05) is 7.11 Å². The number of rotatable bonds is 7. The molecule has 0 unspecified atom stereocenters. The van der Waals surface area contributed by atoms with Crippen LogP contribution in [0.25, 0.3) is 0 Å². The van der Waals surface area contributed by atoms with Gasteiger partial charge in [0.15, 0.2) is 5.75 Å². The summed E-state index contributed by atoms with van der Waals surface area (Å²) >= 11 is 0. The molecular formula is C6H13NO6S. The highest BCUT2D eigenvalue weighted by molar-refractivity contribution is 7.90. The van der Waals surface area contributed by atoms with Crippen LogP contribution in [0.4, 0.5) is 0 Å². The van der Waals surface area contributed by atoms with Crippen LogP contribution in [0.2, 0.25) is 0 Å². The van der Waals surface area contributed by atoms with Crippen molar-refractivity contribution in [2.75, 3.05) is 33.2 Å². The molecule has 0 fully saturated rings. The van der Waals surface area contributed by atoms with E-state index in [0.717, 1.165) is 7.11 Å². The highest BCUT2D eigenvalue weighted by atomic mass is 32.2. The minimum atomic E-state index is -3.78. The Morgan fingerprint density at radius 1 is 1.29 bits per heavy atom. The average molecular weight is 227 g/mol. The van der Waals surface area contributed by atoms with E-state index in [1.54, 1.807) is 4.89 Å². The normalized spacial score (nSPS) is 11.3. The smallest absolute Gasteiger partial charge is 0.322 e. The molecule has 0 aromatic heterocycles. The van der Waals surface area contributed by atoms with Crippen molar-refractivity contribution >= 4 is 16.0 Å². The molecule has 14 heavy (non-hydrogen) atoms. The van der Waals surface area contributed by atoms with Crippen LogP contribution in [0, 0.1) is 0 Å². The van der Waals surface area contributed by atoms with E-state index in [1.807, 2.05) is 0 Å². The zero-order valence-corrected chi connectivity index (χ0v) is 8.80. The number of hydrogen-bond donors (Lipinski definition) is 1. The summed E-state index contributed by atoms with van der Waals surface area (Å²) in [5.41, 5.74) is 0. The summed E-state index contributed by atoms with van der Waals surface area (Å²) in [6.45, 7) is 0.317. The lowest BCUT2D eigenvalue weighted by molar-refractivity contribution is -0.137. The van der Waals surface area contributed by atoms with Crippen LogP contribution < -0.4 is 4.89 Å². The highest BCUT2D eigenvalue weighted by Gasteiger charge is 2.16. The van der Waals surface area contributed by atoms with Crippen molar-refractivity contribution < 1.29 is 27.5 Å². The number of carbonyl (C=O) groups is 1. The monoisotopic (exact) mass is 227 g/mol. The number of carbonyl (C=O) groups excluding carboxylic acids is 1. The maximum Gasteiger partial charge on any atom is 0.322 e. The van der Waals surface area contributed by atoms with Gasteiger partial charge in [-0.05, 0) is 0 Å². The van der Waals surface area contributed by atoms with Crippen LogP contribution in [-0.2, 0) is 29.1 Å². The number of ether oxygens (including phenoxy) is 2. The van der Waals surface area contributed by atoms with E-state index in [2.05, 4.69) is 14.3 Å². The van der Waals surface area contributed by atoms with E-state index in [1.165, 1.54) is 7.11 Å². The number of sulfonamides is 1. The molecule has 0 aromatic rings. The molecule has 0 aliphatic heterocycles. The summed E-state index contributed by atoms with van der Waals surface area (Å²) in [6, 6.07) is 0. The predicted molar refractivity (Wildman–Crippen MR) is 46.8 cm³/mol. The molecular weight excluding hydrogens is 214 g/mol. The minimum absolute atomic E-state index is 0.0664. The predicted octanol–water partition coefficient (Wildman–Crippen LogP) is -1.34. The maximum atomic E-state index is 11.0. The lowest BCUT2D eigenvalue weighted by atomic mass is 10.8. The first-order valence-corrected chi connectivity index (χ1v) is 5.34. The van der Waals surface area contributed by atoms with Crippen LogP contribution in [0.3, 0.4) is 0 Å². The largest absolute Gasteiger partial charge is 0.468 e. The third-order valence-electron chi connectivity index (χ3n) is 1.11. The first-order valence-electron chi connectivity index (χ1n) is 3.69. The van der Waals surface area contributed by atoms with Gasteiger partial charge in [-0.3, -0.25) is 9.63 Å². The van der Waals surface area contributed by atoms with Gasteiger partial charge in [0.1, 0.15) is 0 Å². The standard InChI is InChI=1S/C6H13NO6S/c1-11-3-4-13-7-14(9,10)5-6(8)12-2/h7H,3-5H2,1-2H3. The maximum absolute atomic E-state index is 11.0. The van der Waals surface area contributed by atoms with Gasteiger partial charge in [-0.15, -0.1) is 0 Å². The molecule has 0 saturated carbocycles. The molecule has 0 bridgehead atoms. The van der Waals surface area contributed by atoms with Crippen LogP contribution in [0.15, 0.2) is 0 Å². The fourth-order valence-corrected chi connectivity index (χ4v) is 1.25. The lowest BCUT2D eigenvalue weighted by Gasteiger charge is -2.05. The molecule has 0 heterocycles. The molecule has 84 valence electrons. The van der Waals surface area contributed by atoms with E-state index in [0.29, 0.717) is 0 Å². The number of nitrogens with one attached hydrogen (secondary N) is 1. The Bertz CT molecular complexity index is 261. The summed E-state index contributed by atoms with van der Waals surface area (Å²) in [5.74, 6) is -1.62. The van der Waals surface area contributed by atoms with Gasteiger partial charge in [-0.2, -0.15) is 0 Å². The highest BCUT2D eigenvalue weighted by Crippen LogP contribution is 1.86. The van der Waals surface area contributed by atoms with Gasteiger partial charge in [0.25, 0.3) is 0 Å². The summed E-state index contributed by atoms with van der Waals surface area (Å²) in [5, 5.41) is 0. The topological polar surface area (TPSA) is 90.9 Å². The molecule has 0 aromatic carbocycles. The third kappa shape index (κ3) is 6.78. The summed E-state index contributed by atoms with van der Waals surface area (Å²) in [6.07, 6.45) is 0. The second kappa shape index (κ2) is 6.71. The van der Waals surface area contributed by atoms with Crippen molar-refractivity contribution in [2.45, 2.75) is 0 Å². The lowest BCUT2D eigenvalue weighted by Crippen LogP contribution is -2.31. The Kier molecular flexibility index (Phi) is 6.37. The molecule has 0 aliphatic rings. The van der Waals surface area contributed by atoms with Gasteiger partial charge in [-0.1, -0.05) is 4.89 Å². The van der Waals surface area contributed by atoms with Gasteiger partial charge in [0.2, 0.25) is 10.0 Å². The van der Waals surface area contributed by atoms with Crippen molar-refractivity contribution in [3.8, 4) is 0 Å². The van der Waals surface area contributed by atoms with Gasteiger partial charge < -0.3 is 9.47 Å². The molecule has 0 amide bonds. The van der Waals surface area contributed by atoms with Crippen molar-refractivity contribution in [3.05, 3.63) is 0 Å². The fraction of sp³-hybridized carbons (Fsp3) is 0.833. The van der Waals surface area contributed by atoms with E-state index < -0.39 is 21.7 Å². The molecule has 0 rings (SSSR count). The summed E-state index contributed by atoms with van der Waals surface area (Å²) in [7, 11) is -1.22. The Labute approximate surface area is 82.3 Å². The first kappa shape index (κ1) is 13.3. The van der Waals surface area contributed by atoms with Gasteiger partial charge >= 0.3 is 5.97 Å². The van der Waals surface area contributed by atoms with E-state index in [4.69, 9.17) is 0 Å². The zero-order valence-electron chi connectivity index (χ0n) is 7.98. The van der Waals surface area contributed by atoms with E-state index in [-0.39, 0.29) is 13.2 Å². The molecule has 0 radical (unpaired) electrons. The molecule has 7 nitrogen and oxygen atoms in total. The SMILES string of the molecule is COCCONS(=O)(=O)CC(=O)OC. The number of esters is 1. The van der Waals surface area contributed by atoms with Crippen LogP contribution in [0.1, 0.15) is 0 Å². The molecule has 8 heteroatoms. The second-order valence-corrected chi connectivity index (χ2v) is 3.94.